The van der Waals surface area contributed by atoms with Crippen LogP contribution in [0.25, 0.3) is 22.6 Å². The number of furan rings is 1. The first-order valence-corrected chi connectivity index (χ1v) is 13.0. The summed E-state index contributed by atoms with van der Waals surface area (Å²) in [7, 11) is -3.12. The molecule has 3 aromatic rings. The van der Waals surface area contributed by atoms with E-state index in [-0.39, 0.29) is 11.5 Å². The normalized spacial score (nSPS) is 20.2. The summed E-state index contributed by atoms with van der Waals surface area (Å²) in [4.78, 5) is 30.4. The fourth-order valence-electron chi connectivity index (χ4n) is 4.63. The molecular formula is C25H24N2O6S. The standard InChI is InChI=1S/C25H24N2O6S/c28-22(26-17-10-12-34(30,31)15-17)14-33-25(29)23-19-7-1-2-9-21(19)27-24-16(5-3-8-20(23)24)13-18-6-4-11-32-18/h1-2,4,6-7,9,11,13,17H,3,5,8,10,12,14-15H2,(H,26,28)/b16-13-. The third-order valence-corrected chi connectivity index (χ3v) is 7.93. The van der Waals surface area contributed by atoms with Gasteiger partial charge in [0.25, 0.3) is 5.91 Å². The number of para-hydroxylation sites is 1. The van der Waals surface area contributed by atoms with Gasteiger partial charge in [-0.3, -0.25) is 4.79 Å². The van der Waals surface area contributed by atoms with Gasteiger partial charge in [-0.05, 0) is 61.1 Å². The molecule has 1 aromatic carbocycles. The maximum Gasteiger partial charge on any atom is 0.339 e. The summed E-state index contributed by atoms with van der Waals surface area (Å²) < 4.78 is 34.1. The second-order valence-electron chi connectivity index (χ2n) is 8.61. The van der Waals surface area contributed by atoms with Gasteiger partial charge >= 0.3 is 5.97 Å². The van der Waals surface area contributed by atoms with Crippen LogP contribution in [0.5, 0.6) is 0 Å². The first-order valence-electron chi connectivity index (χ1n) is 11.2. The van der Waals surface area contributed by atoms with E-state index in [2.05, 4.69) is 5.32 Å². The number of benzene rings is 1. The van der Waals surface area contributed by atoms with Gasteiger partial charge in [-0.15, -0.1) is 0 Å². The average Bonchev–Trinajstić information content (AvgIpc) is 3.45. The molecule has 1 aliphatic heterocycles. The molecule has 1 atom stereocenters. The Hall–Kier alpha value is -3.46. The van der Waals surface area contributed by atoms with E-state index in [1.165, 1.54) is 0 Å². The maximum atomic E-state index is 13.2. The number of carbonyl (C=O) groups excluding carboxylic acids is 2. The molecule has 9 heteroatoms. The van der Waals surface area contributed by atoms with Crippen molar-refractivity contribution in [2.75, 3.05) is 18.1 Å². The van der Waals surface area contributed by atoms with Gasteiger partial charge in [-0.1, -0.05) is 18.2 Å². The second kappa shape index (κ2) is 9.06. The first kappa shape index (κ1) is 22.3. The van der Waals surface area contributed by atoms with Crippen LogP contribution >= 0.6 is 0 Å². The van der Waals surface area contributed by atoms with E-state index < -0.39 is 34.4 Å². The molecule has 1 aliphatic carbocycles. The highest BCUT2D eigenvalue weighted by atomic mass is 32.2. The van der Waals surface area contributed by atoms with E-state index >= 15 is 0 Å². The number of hydrogen-bond acceptors (Lipinski definition) is 7. The Morgan fingerprint density at radius 2 is 2.03 bits per heavy atom. The molecule has 2 aromatic heterocycles. The number of sulfone groups is 1. The molecule has 176 valence electrons. The molecule has 0 saturated carbocycles. The molecule has 1 fully saturated rings. The summed E-state index contributed by atoms with van der Waals surface area (Å²) in [5.74, 6) is -0.419. The number of rotatable bonds is 5. The molecule has 5 rings (SSSR count). The highest BCUT2D eigenvalue weighted by Crippen LogP contribution is 2.36. The number of amides is 1. The molecule has 0 bridgehead atoms. The van der Waals surface area contributed by atoms with Crippen LogP contribution in [0, 0.1) is 0 Å². The topological polar surface area (TPSA) is 116 Å². The molecule has 34 heavy (non-hydrogen) atoms. The zero-order valence-electron chi connectivity index (χ0n) is 18.5. The van der Waals surface area contributed by atoms with Crippen LogP contribution < -0.4 is 5.32 Å². The van der Waals surface area contributed by atoms with Crippen LogP contribution in [-0.4, -0.2) is 49.4 Å². The third-order valence-electron chi connectivity index (χ3n) is 6.17. The van der Waals surface area contributed by atoms with Crippen molar-refractivity contribution in [3.8, 4) is 0 Å². The lowest BCUT2D eigenvalue weighted by molar-refractivity contribution is -0.124. The molecule has 1 N–H and O–H groups in total. The number of nitrogens with zero attached hydrogens (tertiary/aromatic N) is 1. The summed E-state index contributed by atoms with van der Waals surface area (Å²) in [6.45, 7) is -0.476. The van der Waals surface area contributed by atoms with Crippen molar-refractivity contribution in [3.05, 3.63) is 65.2 Å². The van der Waals surface area contributed by atoms with Gasteiger partial charge in [0.05, 0.1) is 34.5 Å². The van der Waals surface area contributed by atoms with Gasteiger partial charge in [0.2, 0.25) is 0 Å². The molecular weight excluding hydrogens is 456 g/mol. The lowest BCUT2D eigenvalue weighted by Crippen LogP contribution is -2.38. The summed E-state index contributed by atoms with van der Waals surface area (Å²) in [6, 6.07) is 10.6. The Kier molecular flexibility index (Phi) is 5.95. The van der Waals surface area contributed by atoms with Crippen LogP contribution in [0.1, 0.15) is 46.6 Å². The zero-order chi connectivity index (χ0) is 23.7. The maximum absolute atomic E-state index is 13.2. The van der Waals surface area contributed by atoms with Crippen molar-refractivity contribution in [3.63, 3.8) is 0 Å². The molecule has 1 unspecified atom stereocenters. The number of aromatic nitrogens is 1. The number of esters is 1. The predicted molar refractivity (Wildman–Crippen MR) is 127 cm³/mol. The van der Waals surface area contributed by atoms with Gasteiger partial charge in [0.15, 0.2) is 16.4 Å². The minimum atomic E-state index is -3.12. The van der Waals surface area contributed by atoms with Crippen molar-refractivity contribution < 1.29 is 27.2 Å². The van der Waals surface area contributed by atoms with Crippen molar-refractivity contribution in [1.29, 1.82) is 0 Å². The molecule has 3 heterocycles. The van der Waals surface area contributed by atoms with Gasteiger partial charge < -0.3 is 14.5 Å². The smallest absolute Gasteiger partial charge is 0.339 e. The zero-order valence-corrected chi connectivity index (χ0v) is 19.3. The molecule has 1 saturated heterocycles. The third kappa shape index (κ3) is 4.61. The summed E-state index contributed by atoms with van der Waals surface area (Å²) in [6.07, 6.45) is 6.24. The lowest BCUT2D eigenvalue weighted by Gasteiger charge is -2.22. The molecule has 8 nitrogen and oxygen atoms in total. The minimum Gasteiger partial charge on any atom is -0.465 e. The number of nitrogens with one attached hydrogen (secondary N) is 1. The highest BCUT2D eigenvalue weighted by Gasteiger charge is 2.30. The van der Waals surface area contributed by atoms with E-state index in [9.17, 15) is 18.0 Å². The van der Waals surface area contributed by atoms with Crippen molar-refractivity contribution in [2.45, 2.75) is 31.7 Å². The number of hydrogen-bond donors (Lipinski definition) is 1. The van der Waals surface area contributed by atoms with E-state index in [1.54, 1.807) is 6.26 Å². The molecule has 0 spiro atoms. The van der Waals surface area contributed by atoms with Crippen LogP contribution in [0.2, 0.25) is 0 Å². The van der Waals surface area contributed by atoms with Gasteiger partial charge in [0, 0.05) is 11.4 Å². The molecule has 2 aliphatic rings. The first-order chi connectivity index (χ1) is 16.4. The highest BCUT2D eigenvalue weighted by molar-refractivity contribution is 7.91. The van der Waals surface area contributed by atoms with Crippen LogP contribution in [0.4, 0.5) is 0 Å². The van der Waals surface area contributed by atoms with E-state index in [4.69, 9.17) is 14.1 Å². The number of pyridine rings is 1. The quantitative estimate of drug-likeness (QED) is 0.558. The SMILES string of the molecule is O=C(COC(=O)c1c2c(nc3ccccc13)/C(=C\c1ccco1)CCC2)NC1CCS(=O)(=O)C1. The summed E-state index contributed by atoms with van der Waals surface area (Å²) in [5.41, 5.74) is 3.61. The van der Waals surface area contributed by atoms with E-state index in [0.717, 1.165) is 29.7 Å². The van der Waals surface area contributed by atoms with Crippen molar-refractivity contribution in [1.82, 2.24) is 10.3 Å². The Morgan fingerprint density at radius 1 is 1.18 bits per heavy atom. The monoisotopic (exact) mass is 480 g/mol. The number of fused-ring (bicyclic) bond motifs is 2. The van der Waals surface area contributed by atoms with Gasteiger partial charge in [0.1, 0.15) is 5.76 Å². The Morgan fingerprint density at radius 3 is 2.79 bits per heavy atom. The van der Waals surface area contributed by atoms with Crippen LogP contribution in [0.15, 0.2) is 47.1 Å². The van der Waals surface area contributed by atoms with Crippen LogP contribution in [-0.2, 0) is 25.8 Å². The number of carbonyl (C=O) groups is 2. The summed E-state index contributed by atoms with van der Waals surface area (Å²) >= 11 is 0. The fraction of sp³-hybridized carbons (Fsp3) is 0.320. The number of ether oxygens (including phenoxy) is 1. The van der Waals surface area contributed by atoms with Crippen LogP contribution in [0.3, 0.4) is 0 Å². The predicted octanol–water partition coefficient (Wildman–Crippen LogP) is 3.16. The Labute approximate surface area is 196 Å². The van der Waals surface area contributed by atoms with Gasteiger partial charge in [-0.2, -0.15) is 0 Å². The molecule has 0 radical (unpaired) electrons. The van der Waals surface area contributed by atoms with Gasteiger partial charge in [-0.25, -0.2) is 18.2 Å². The van der Waals surface area contributed by atoms with E-state index in [0.29, 0.717) is 35.1 Å². The molecule has 1 amide bonds. The summed E-state index contributed by atoms with van der Waals surface area (Å²) in [5, 5.41) is 3.32. The lowest BCUT2D eigenvalue weighted by atomic mass is 9.86. The largest absolute Gasteiger partial charge is 0.465 e. The Balaban J connectivity index is 1.42. The Bertz CT molecular complexity index is 1390. The van der Waals surface area contributed by atoms with Crippen molar-refractivity contribution in [2.24, 2.45) is 0 Å². The van der Waals surface area contributed by atoms with Crippen molar-refractivity contribution >= 4 is 44.3 Å². The van der Waals surface area contributed by atoms with E-state index in [1.807, 2.05) is 42.5 Å². The second-order valence-corrected chi connectivity index (χ2v) is 10.8. The average molecular weight is 481 g/mol. The minimum absolute atomic E-state index is 0.0563. The number of allylic oxidation sites excluding steroid dienone is 1. The fourth-order valence-corrected chi connectivity index (χ4v) is 6.31.